The van der Waals surface area contributed by atoms with Gasteiger partial charge < -0.3 is 19.4 Å². The van der Waals surface area contributed by atoms with Crippen molar-refractivity contribution >= 4 is 11.6 Å². The van der Waals surface area contributed by atoms with E-state index in [-0.39, 0.29) is 0 Å². The van der Waals surface area contributed by atoms with Crippen molar-refractivity contribution in [1.82, 2.24) is 14.9 Å². The molecule has 1 aromatic heterocycles. The van der Waals surface area contributed by atoms with E-state index in [0.717, 1.165) is 17.8 Å². The van der Waals surface area contributed by atoms with E-state index in [1.54, 1.807) is 26.7 Å². The number of nitrogens with one attached hydrogen (secondary N) is 1. The molecule has 0 radical (unpaired) electrons. The van der Waals surface area contributed by atoms with E-state index in [1.807, 2.05) is 22.9 Å². The second-order valence-electron chi connectivity index (χ2n) is 5.55. The van der Waals surface area contributed by atoms with E-state index in [9.17, 15) is 0 Å². The van der Waals surface area contributed by atoms with Crippen molar-refractivity contribution in [1.29, 1.82) is 0 Å². The maximum absolute atomic E-state index is 6.24. The van der Waals surface area contributed by atoms with E-state index in [4.69, 9.17) is 21.1 Å². The number of methoxy groups -OCH3 is 2. The first-order valence-corrected chi connectivity index (χ1v) is 8.27. The highest BCUT2D eigenvalue weighted by atomic mass is 35.5. The van der Waals surface area contributed by atoms with Crippen molar-refractivity contribution in [3.05, 3.63) is 71.3 Å². The second-order valence-corrected chi connectivity index (χ2v) is 5.96. The summed E-state index contributed by atoms with van der Waals surface area (Å²) in [6.45, 7) is 1.44. The number of nitrogens with zero attached hydrogens (tertiary/aromatic N) is 2. The van der Waals surface area contributed by atoms with Gasteiger partial charge in [0.05, 0.1) is 25.6 Å². The molecule has 0 saturated carbocycles. The zero-order valence-electron chi connectivity index (χ0n) is 14.2. The number of ether oxygens (including phenoxy) is 2. The Balaban J connectivity index is 1.60. The van der Waals surface area contributed by atoms with E-state index < -0.39 is 0 Å². The number of halogens is 1. The normalized spacial score (nSPS) is 10.7. The van der Waals surface area contributed by atoms with Crippen LogP contribution in [0.1, 0.15) is 11.1 Å². The molecule has 3 aromatic rings. The molecule has 0 aliphatic carbocycles. The number of imidazole rings is 1. The van der Waals surface area contributed by atoms with Crippen LogP contribution in [0, 0.1) is 0 Å². The van der Waals surface area contributed by atoms with Crippen molar-refractivity contribution in [3.63, 3.8) is 0 Å². The first kappa shape index (κ1) is 17.3. The minimum Gasteiger partial charge on any atom is -0.493 e. The van der Waals surface area contributed by atoms with Crippen LogP contribution in [0.25, 0.3) is 5.69 Å². The molecule has 0 unspecified atom stereocenters. The van der Waals surface area contributed by atoms with Gasteiger partial charge in [0.1, 0.15) is 0 Å². The van der Waals surface area contributed by atoms with Crippen LogP contribution in [0.4, 0.5) is 0 Å². The Morgan fingerprint density at radius 2 is 1.80 bits per heavy atom. The molecule has 2 aromatic carbocycles. The molecule has 6 heteroatoms. The summed E-state index contributed by atoms with van der Waals surface area (Å²) < 4.78 is 12.6. The smallest absolute Gasteiger partial charge is 0.179 e. The molecule has 25 heavy (non-hydrogen) atoms. The summed E-state index contributed by atoms with van der Waals surface area (Å²) in [5.41, 5.74) is 3.33. The SMILES string of the molecule is COc1cc(CNCc2ccc(-n3ccnc3)cc2)cc(Cl)c1OC. The van der Waals surface area contributed by atoms with E-state index in [2.05, 4.69) is 34.6 Å². The number of benzene rings is 2. The average Bonchev–Trinajstić information content (AvgIpc) is 3.16. The van der Waals surface area contributed by atoms with E-state index in [0.29, 0.717) is 23.1 Å². The molecular weight excluding hydrogens is 338 g/mol. The summed E-state index contributed by atoms with van der Waals surface area (Å²) >= 11 is 6.24. The van der Waals surface area contributed by atoms with Crippen molar-refractivity contribution < 1.29 is 9.47 Å². The van der Waals surface area contributed by atoms with Gasteiger partial charge in [0.15, 0.2) is 11.5 Å². The number of rotatable bonds is 7. The molecule has 0 spiro atoms. The Morgan fingerprint density at radius 3 is 2.44 bits per heavy atom. The molecule has 1 N–H and O–H groups in total. The van der Waals surface area contributed by atoms with Gasteiger partial charge in [0, 0.05) is 31.2 Å². The lowest BCUT2D eigenvalue weighted by Crippen LogP contribution is -2.13. The van der Waals surface area contributed by atoms with E-state index >= 15 is 0 Å². The van der Waals surface area contributed by atoms with Gasteiger partial charge >= 0.3 is 0 Å². The molecule has 0 bridgehead atoms. The molecule has 0 atom stereocenters. The highest BCUT2D eigenvalue weighted by Crippen LogP contribution is 2.35. The van der Waals surface area contributed by atoms with Crippen LogP contribution >= 0.6 is 11.6 Å². The van der Waals surface area contributed by atoms with Crippen LogP contribution in [0.2, 0.25) is 5.02 Å². The maximum atomic E-state index is 6.24. The fourth-order valence-electron chi connectivity index (χ4n) is 2.62. The minimum atomic E-state index is 0.545. The summed E-state index contributed by atoms with van der Waals surface area (Å²) in [4.78, 5) is 4.06. The Morgan fingerprint density at radius 1 is 1.04 bits per heavy atom. The summed E-state index contributed by atoms with van der Waals surface area (Å²) in [6.07, 6.45) is 5.48. The van der Waals surface area contributed by atoms with Gasteiger partial charge in [-0.1, -0.05) is 23.7 Å². The summed E-state index contributed by atoms with van der Waals surface area (Å²) in [5, 5.41) is 3.96. The van der Waals surface area contributed by atoms with Crippen LogP contribution in [0.15, 0.2) is 55.1 Å². The topological polar surface area (TPSA) is 48.3 Å². The Hall–Kier alpha value is -2.50. The lowest BCUT2D eigenvalue weighted by atomic mass is 10.1. The molecule has 1 heterocycles. The van der Waals surface area contributed by atoms with Gasteiger partial charge in [-0.05, 0) is 35.4 Å². The van der Waals surface area contributed by atoms with Gasteiger partial charge in [-0.25, -0.2) is 4.98 Å². The monoisotopic (exact) mass is 357 g/mol. The van der Waals surface area contributed by atoms with Crippen molar-refractivity contribution in [3.8, 4) is 17.2 Å². The third-order valence-corrected chi connectivity index (χ3v) is 4.17. The molecule has 0 fully saturated rings. The first-order chi connectivity index (χ1) is 12.2. The zero-order valence-corrected chi connectivity index (χ0v) is 15.0. The van der Waals surface area contributed by atoms with Gasteiger partial charge in [-0.3, -0.25) is 0 Å². The predicted octanol–water partition coefficient (Wildman–Crippen LogP) is 3.83. The summed E-state index contributed by atoms with van der Waals surface area (Å²) in [5.74, 6) is 1.19. The molecule has 3 rings (SSSR count). The zero-order chi connectivity index (χ0) is 17.6. The third-order valence-electron chi connectivity index (χ3n) is 3.89. The second kappa shape index (κ2) is 8.05. The van der Waals surface area contributed by atoms with Gasteiger partial charge in [-0.2, -0.15) is 0 Å². The number of aromatic nitrogens is 2. The van der Waals surface area contributed by atoms with Gasteiger partial charge in [-0.15, -0.1) is 0 Å². The van der Waals surface area contributed by atoms with Crippen molar-refractivity contribution in [2.24, 2.45) is 0 Å². The highest BCUT2D eigenvalue weighted by molar-refractivity contribution is 6.32. The number of hydrogen-bond donors (Lipinski definition) is 1. The summed E-state index contributed by atoms with van der Waals surface area (Å²) in [6, 6.07) is 12.2. The van der Waals surface area contributed by atoms with Crippen LogP contribution in [0.5, 0.6) is 11.5 Å². The molecular formula is C19H20ClN3O2. The predicted molar refractivity (Wildman–Crippen MR) is 98.7 cm³/mol. The van der Waals surface area contributed by atoms with Crippen molar-refractivity contribution in [2.45, 2.75) is 13.1 Å². The van der Waals surface area contributed by atoms with Gasteiger partial charge in [0.25, 0.3) is 0 Å². The lowest BCUT2D eigenvalue weighted by Gasteiger charge is -2.12. The minimum absolute atomic E-state index is 0.545. The van der Waals surface area contributed by atoms with E-state index in [1.165, 1.54) is 5.56 Å². The molecule has 0 aliphatic heterocycles. The molecule has 130 valence electrons. The fourth-order valence-corrected chi connectivity index (χ4v) is 2.93. The first-order valence-electron chi connectivity index (χ1n) is 7.89. The van der Waals surface area contributed by atoms with Crippen LogP contribution in [-0.2, 0) is 13.1 Å². The molecule has 0 aliphatic rings. The van der Waals surface area contributed by atoms with Crippen LogP contribution in [-0.4, -0.2) is 23.8 Å². The average molecular weight is 358 g/mol. The third kappa shape index (κ3) is 4.13. The quantitative estimate of drug-likeness (QED) is 0.698. The van der Waals surface area contributed by atoms with Crippen molar-refractivity contribution in [2.75, 3.05) is 14.2 Å². The standard InChI is InChI=1S/C19H20ClN3O2/c1-24-18-10-15(9-17(20)19(18)25-2)12-22-11-14-3-5-16(6-4-14)23-8-7-21-13-23/h3-10,13,22H,11-12H2,1-2H3. The lowest BCUT2D eigenvalue weighted by molar-refractivity contribution is 0.354. The molecule has 0 amide bonds. The number of hydrogen-bond acceptors (Lipinski definition) is 4. The van der Waals surface area contributed by atoms with Crippen LogP contribution < -0.4 is 14.8 Å². The fraction of sp³-hybridized carbons (Fsp3) is 0.211. The maximum Gasteiger partial charge on any atom is 0.179 e. The molecule has 5 nitrogen and oxygen atoms in total. The Labute approximate surface area is 152 Å². The Kier molecular flexibility index (Phi) is 5.58. The summed E-state index contributed by atoms with van der Waals surface area (Å²) in [7, 11) is 3.18. The largest absolute Gasteiger partial charge is 0.493 e. The molecule has 0 saturated heterocycles. The highest BCUT2D eigenvalue weighted by Gasteiger charge is 2.10. The Bertz CT molecular complexity index is 817. The van der Waals surface area contributed by atoms with Gasteiger partial charge in [0.2, 0.25) is 0 Å². The van der Waals surface area contributed by atoms with Crippen LogP contribution in [0.3, 0.4) is 0 Å².